The zero-order chi connectivity index (χ0) is 14.9. The van der Waals surface area contributed by atoms with Crippen LogP contribution in [-0.4, -0.2) is 25.2 Å². The first-order chi connectivity index (χ1) is 9.29. The number of nitrogens with one attached hydrogen (secondary N) is 1. The molecule has 1 saturated heterocycles. The first kappa shape index (κ1) is 15.1. The summed E-state index contributed by atoms with van der Waals surface area (Å²) in [5.41, 5.74) is 4.93. The van der Waals surface area contributed by atoms with Crippen molar-refractivity contribution in [1.29, 1.82) is 0 Å². The van der Waals surface area contributed by atoms with E-state index in [-0.39, 0.29) is 23.9 Å². The zero-order valence-corrected chi connectivity index (χ0v) is 11.0. The van der Waals surface area contributed by atoms with Crippen LogP contribution in [0.4, 0.5) is 18.9 Å². The van der Waals surface area contributed by atoms with Crippen LogP contribution in [0.2, 0.25) is 5.02 Å². The summed E-state index contributed by atoms with van der Waals surface area (Å²) in [6, 6.07) is 2.31. The number of carbonyl (C=O) groups is 1. The topological polar surface area (TPSA) is 64.3 Å². The van der Waals surface area contributed by atoms with E-state index in [1.807, 2.05) is 0 Å². The fraction of sp³-hybridized carbons (Fsp3) is 0.417. The van der Waals surface area contributed by atoms with Gasteiger partial charge in [0.1, 0.15) is 0 Å². The fourth-order valence-electron chi connectivity index (χ4n) is 1.86. The lowest BCUT2D eigenvalue weighted by Crippen LogP contribution is -2.37. The molecule has 1 fully saturated rings. The van der Waals surface area contributed by atoms with Gasteiger partial charge in [0.15, 0.2) is 0 Å². The van der Waals surface area contributed by atoms with Gasteiger partial charge in [-0.2, -0.15) is 13.2 Å². The van der Waals surface area contributed by atoms with E-state index in [1.165, 1.54) is 0 Å². The van der Waals surface area contributed by atoms with Gasteiger partial charge in [-0.25, -0.2) is 0 Å². The van der Waals surface area contributed by atoms with Gasteiger partial charge in [-0.3, -0.25) is 4.79 Å². The number of benzene rings is 1. The van der Waals surface area contributed by atoms with E-state index in [0.717, 1.165) is 18.2 Å². The minimum atomic E-state index is -4.48. The number of anilines is 1. The van der Waals surface area contributed by atoms with Crippen molar-refractivity contribution in [2.45, 2.75) is 12.2 Å². The van der Waals surface area contributed by atoms with E-state index in [1.54, 1.807) is 0 Å². The van der Waals surface area contributed by atoms with E-state index >= 15 is 0 Å². The van der Waals surface area contributed by atoms with Gasteiger partial charge in [0, 0.05) is 6.04 Å². The number of halogens is 4. The molecule has 0 spiro atoms. The number of rotatable bonds is 2. The van der Waals surface area contributed by atoms with Crippen LogP contribution in [0.25, 0.3) is 0 Å². The van der Waals surface area contributed by atoms with Crippen molar-refractivity contribution in [2.75, 3.05) is 18.5 Å². The monoisotopic (exact) mass is 308 g/mol. The van der Waals surface area contributed by atoms with Gasteiger partial charge in [-0.1, -0.05) is 11.6 Å². The lowest BCUT2D eigenvalue weighted by Gasteiger charge is -2.15. The Morgan fingerprint density at radius 3 is 2.60 bits per heavy atom. The number of hydrogen-bond donors (Lipinski definition) is 2. The Balaban J connectivity index is 2.12. The molecule has 20 heavy (non-hydrogen) atoms. The average Bonchev–Trinajstić information content (AvgIpc) is 2.76. The van der Waals surface area contributed by atoms with E-state index in [4.69, 9.17) is 22.1 Å². The smallest absolute Gasteiger partial charge is 0.379 e. The molecular weight excluding hydrogens is 297 g/mol. The Bertz CT molecular complexity index is 522. The highest BCUT2D eigenvalue weighted by molar-refractivity contribution is 6.33. The normalized spacial score (nSPS) is 22.9. The quantitative estimate of drug-likeness (QED) is 0.881. The summed E-state index contributed by atoms with van der Waals surface area (Å²) in [5.74, 6) is -0.954. The molecular formula is C12H12ClF3N2O2. The first-order valence-electron chi connectivity index (χ1n) is 5.80. The standard InChI is InChI=1S/C12H12ClF3N2O2/c13-8-3-6(12(14,15)16)1-2-10(8)18-11(19)7-4-20-5-9(7)17/h1-3,7,9H,4-5,17H2,(H,18,19). The lowest BCUT2D eigenvalue weighted by atomic mass is 10.0. The second-order valence-electron chi connectivity index (χ2n) is 4.49. The Hall–Kier alpha value is -1.31. The van der Waals surface area contributed by atoms with Crippen LogP contribution >= 0.6 is 11.6 Å². The van der Waals surface area contributed by atoms with Crippen LogP contribution < -0.4 is 11.1 Å². The molecule has 1 aromatic rings. The van der Waals surface area contributed by atoms with Gasteiger partial charge in [0.25, 0.3) is 0 Å². The van der Waals surface area contributed by atoms with Crippen molar-refractivity contribution in [2.24, 2.45) is 11.7 Å². The molecule has 2 unspecified atom stereocenters. The Morgan fingerprint density at radius 2 is 2.10 bits per heavy atom. The average molecular weight is 309 g/mol. The summed E-state index contributed by atoms with van der Waals surface area (Å²) in [6.45, 7) is 0.462. The molecule has 8 heteroatoms. The maximum absolute atomic E-state index is 12.5. The molecule has 2 rings (SSSR count). The molecule has 110 valence electrons. The third-order valence-electron chi connectivity index (χ3n) is 3.02. The second-order valence-corrected chi connectivity index (χ2v) is 4.90. The minimum Gasteiger partial charge on any atom is -0.379 e. The maximum Gasteiger partial charge on any atom is 0.416 e. The van der Waals surface area contributed by atoms with E-state index < -0.39 is 29.6 Å². The lowest BCUT2D eigenvalue weighted by molar-refractivity contribution is -0.137. The van der Waals surface area contributed by atoms with Crippen molar-refractivity contribution in [3.63, 3.8) is 0 Å². The number of ether oxygens (including phenoxy) is 1. The Kier molecular flexibility index (Phi) is 4.22. The van der Waals surface area contributed by atoms with Crippen molar-refractivity contribution in [3.8, 4) is 0 Å². The largest absolute Gasteiger partial charge is 0.416 e. The molecule has 1 aliphatic heterocycles. The first-order valence-corrected chi connectivity index (χ1v) is 6.18. The van der Waals surface area contributed by atoms with Gasteiger partial charge in [0.05, 0.1) is 35.4 Å². The third kappa shape index (κ3) is 3.23. The molecule has 0 saturated carbocycles. The van der Waals surface area contributed by atoms with Gasteiger partial charge >= 0.3 is 6.18 Å². The van der Waals surface area contributed by atoms with E-state index in [0.29, 0.717) is 0 Å². The molecule has 1 amide bonds. The van der Waals surface area contributed by atoms with Crippen molar-refractivity contribution >= 4 is 23.2 Å². The van der Waals surface area contributed by atoms with Crippen LogP contribution in [0.15, 0.2) is 18.2 Å². The van der Waals surface area contributed by atoms with E-state index in [2.05, 4.69) is 5.32 Å². The number of hydrogen-bond acceptors (Lipinski definition) is 3. The van der Waals surface area contributed by atoms with Gasteiger partial charge in [-0.15, -0.1) is 0 Å². The predicted molar refractivity (Wildman–Crippen MR) is 67.4 cm³/mol. The number of alkyl halides is 3. The third-order valence-corrected chi connectivity index (χ3v) is 3.33. The molecule has 4 nitrogen and oxygen atoms in total. The summed E-state index contributed by atoms with van der Waals surface area (Å²) < 4.78 is 42.5. The summed E-state index contributed by atoms with van der Waals surface area (Å²) in [4.78, 5) is 11.9. The highest BCUT2D eigenvalue weighted by Crippen LogP contribution is 2.34. The molecule has 1 aliphatic rings. The number of nitrogens with two attached hydrogens (primary N) is 1. The van der Waals surface area contributed by atoms with Crippen molar-refractivity contribution in [1.82, 2.24) is 0 Å². The zero-order valence-electron chi connectivity index (χ0n) is 10.2. The SMILES string of the molecule is NC1COCC1C(=O)Nc1ccc(C(F)(F)F)cc1Cl. The molecule has 0 aromatic heterocycles. The van der Waals surface area contributed by atoms with Gasteiger partial charge in [-0.05, 0) is 18.2 Å². The van der Waals surface area contributed by atoms with Gasteiger partial charge < -0.3 is 15.8 Å². The number of carbonyl (C=O) groups excluding carboxylic acids is 1. The van der Waals surface area contributed by atoms with Crippen LogP contribution in [0, 0.1) is 5.92 Å². The molecule has 3 N–H and O–H groups in total. The van der Waals surface area contributed by atoms with E-state index in [9.17, 15) is 18.0 Å². The Morgan fingerprint density at radius 1 is 1.40 bits per heavy atom. The molecule has 0 bridgehead atoms. The Labute approximate surface area is 118 Å². The molecule has 1 aromatic carbocycles. The summed E-state index contributed by atoms with van der Waals surface area (Å²) in [7, 11) is 0. The van der Waals surface area contributed by atoms with Crippen molar-refractivity contribution < 1.29 is 22.7 Å². The molecule has 0 radical (unpaired) electrons. The van der Waals surface area contributed by atoms with Gasteiger partial charge in [0.2, 0.25) is 5.91 Å². The molecule has 1 heterocycles. The van der Waals surface area contributed by atoms with Crippen LogP contribution in [0.3, 0.4) is 0 Å². The highest BCUT2D eigenvalue weighted by Gasteiger charge is 2.33. The molecule has 0 aliphatic carbocycles. The second kappa shape index (κ2) is 5.59. The number of amides is 1. The van der Waals surface area contributed by atoms with Crippen LogP contribution in [0.1, 0.15) is 5.56 Å². The summed E-state index contributed by atoms with van der Waals surface area (Å²) >= 11 is 5.75. The fourth-order valence-corrected chi connectivity index (χ4v) is 2.09. The summed E-state index contributed by atoms with van der Waals surface area (Å²) in [5, 5.41) is 2.28. The summed E-state index contributed by atoms with van der Waals surface area (Å²) in [6.07, 6.45) is -4.48. The van der Waals surface area contributed by atoms with Crippen molar-refractivity contribution in [3.05, 3.63) is 28.8 Å². The predicted octanol–water partition coefficient (Wildman–Crippen LogP) is 2.27. The van der Waals surface area contributed by atoms with Crippen LogP contribution in [-0.2, 0) is 15.7 Å². The molecule has 2 atom stereocenters. The highest BCUT2D eigenvalue weighted by atomic mass is 35.5. The van der Waals surface area contributed by atoms with Crippen LogP contribution in [0.5, 0.6) is 0 Å². The minimum absolute atomic E-state index is 0.115. The maximum atomic E-state index is 12.5.